The Morgan fingerprint density at radius 1 is 1.26 bits per heavy atom. The lowest BCUT2D eigenvalue weighted by molar-refractivity contribution is -0.120. The maximum Gasteiger partial charge on any atom is 0.272 e. The largest absolute Gasteiger partial charge is 0.347 e. The lowest BCUT2D eigenvalue weighted by Crippen LogP contribution is -2.51. The van der Waals surface area contributed by atoms with E-state index in [1.807, 2.05) is 0 Å². The van der Waals surface area contributed by atoms with E-state index in [9.17, 15) is 17.6 Å². The molecule has 1 heterocycles. The highest BCUT2D eigenvalue weighted by atomic mass is 35.6. The minimum absolute atomic E-state index is 0.160. The van der Waals surface area contributed by atoms with E-state index in [2.05, 4.69) is 10.6 Å². The van der Waals surface area contributed by atoms with Gasteiger partial charge in [-0.1, -0.05) is 46.9 Å². The maximum absolute atomic E-state index is 13.1. The Kier molecular flexibility index (Phi) is 5.79. The van der Waals surface area contributed by atoms with Gasteiger partial charge >= 0.3 is 0 Å². The number of alkyl halides is 3. The summed E-state index contributed by atoms with van der Waals surface area (Å²) >= 11 is 16.4. The molecule has 1 aliphatic heterocycles. The highest BCUT2D eigenvalue weighted by molar-refractivity contribution is 7.91. The van der Waals surface area contributed by atoms with Crippen molar-refractivity contribution in [3.05, 3.63) is 35.6 Å². The Balaban J connectivity index is 2.04. The Morgan fingerprint density at radius 2 is 1.91 bits per heavy atom. The van der Waals surface area contributed by atoms with Crippen LogP contribution in [0.3, 0.4) is 0 Å². The quantitative estimate of drug-likeness (QED) is 0.748. The molecule has 0 radical (unpaired) electrons. The fraction of sp³-hybridized carbons (Fsp3) is 0.462. The Bertz CT molecular complexity index is 694. The summed E-state index contributed by atoms with van der Waals surface area (Å²) in [5.74, 6) is -1.68. The van der Waals surface area contributed by atoms with Crippen LogP contribution in [0.25, 0.3) is 0 Å². The Morgan fingerprint density at radius 3 is 2.52 bits per heavy atom. The van der Waals surface area contributed by atoms with Gasteiger partial charge in [0.15, 0.2) is 9.84 Å². The normalized spacial score (nSPS) is 23.7. The van der Waals surface area contributed by atoms with Crippen LogP contribution in [0, 0.1) is 5.82 Å². The zero-order chi connectivity index (χ0) is 17.3. The molecule has 1 saturated heterocycles. The third-order valence-corrected chi connectivity index (χ3v) is 5.63. The molecule has 0 spiro atoms. The van der Waals surface area contributed by atoms with E-state index >= 15 is 0 Å². The summed E-state index contributed by atoms with van der Waals surface area (Å²) < 4.78 is 34.6. The van der Waals surface area contributed by atoms with Gasteiger partial charge in [0.1, 0.15) is 5.82 Å². The fourth-order valence-corrected chi connectivity index (χ4v) is 4.40. The van der Waals surface area contributed by atoms with Crippen molar-refractivity contribution in [2.24, 2.45) is 0 Å². The van der Waals surface area contributed by atoms with Crippen LogP contribution in [-0.2, 0) is 21.2 Å². The van der Waals surface area contributed by atoms with E-state index in [1.165, 1.54) is 12.1 Å². The van der Waals surface area contributed by atoms with E-state index in [0.717, 1.165) is 0 Å². The second-order valence-corrected chi connectivity index (χ2v) is 9.71. The summed E-state index contributed by atoms with van der Waals surface area (Å²) in [7, 11) is -3.33. The van der Waals surface area contributed by atoms with Crippen LogP contribution in [0.1, 0.15) is 5.56 Å². The van der Waals surface area contributed by atoms with E-state index in [1.54, 1.807) is 12.1 Å². The van der Waals surface area contributed by atoms with Crippen LogP contribution >= 0.6 is 34.8 Å². The average Bonchev–Trinajstić information content (AvgIpc) is 2.70. The van der Waals surface area contributed by atoms with Crippen molar-refractivity contribution in [1.29, 1.82) is 0 Å². The zero-order valence-corrected chi connectivity index (χ0v) is 14.8. The molecule has 23 heavy (non-hydrogen) atoms. The number of amides is 1. The molecule has 1 amide bonds. The SMILES string of the molecule is O=C(N[C@@H]1CS(=O)(=O)C[C@@H]1NCc1cccc(F)c1)C(Cl)(Cl)Cl. The first-order chi connectivity index (χ1) is 10.6. The highest BCUT2D eigenvalue weighted by Gasteiger charge is 2.41. The topological polar surface area (TPSA) is 75.3 Å². The predicted octanol–water partition coefficient (Wildman–Crippen LogP) is 1.57. The third-order valence-electron chi connectivity index (χ3n) is 3.38. The van der Waals surface area contributed by atoms with Gasteiger partial charge < -0.3 is 10.6 Å². The van der Waals surface area contributed by atoms with Gasteiger partial charge in [-0.25, -0.2) is 12.8 Å². The van der Waals surface area contributed by atoms with Gasteiger partial charge in [-0.15, -0.1) is 0 Å². The van der Waals surface area contributed by atoms with Gasteiger partial charge in [-0.2, -0.15) is 0 Å². The number of carbonyl (C=O) groups is 1. The Hall–Kier alpha value is -0.600. The van der Waals surface area contributed by atoms with Crippen LogP contribution < -0.4 is 10.6 Å². The van der Waals surface area contributed by atoms with Gasteiger partial charge in [0, 0.05) is 12.6 Å². The van der Waals surface area contributed by atoms with Gasteiger partial charge in [0.2, 0.25) is 0 Å². The molecule has 128 valence electrons. The van der Waals surface area contributed by atoms with Crippen molar-refractivity contribution in [3.63, 3.8) is 0 Å². The molecule has 2 rings (SSSR count). The maximum atomic E-state index is 13.1. The summed E-state index contributed by atoms with van der Waals surface area (Å²) in [6.07, 6.45) is 0. The van der Waals surface area contributed by atoms with E-state index in [0.29, 0.717) is 5.56 Å². The second kappa shape index (κ2) is 7.11. The first-order valence-corrected chi connectivity index (χ1v) is 9.58. The summed E-state index contributed by atoms with van der Waals surface area (Å²) in [5, 5.41) is 5.42. The molecule has 0 saturated carbocycles. The summed E-state index contributed by atoms with van der Waals surface area (Å²) in [5.41, 5.74) is 0.653. The monoisotopic (exact) mass is 402 g/mol. The standard InChI is InChI=1S/C13H14Cl3FN2O3S/c14-13(15,16)12(20)19-11-7-23(21,22)6-10(11)18-5-8-2-1-3-9(17)4-8/h1-4,10-11,18H,5-7H2,(H,19,20)/t10-,11+/m0/s1. The molecule has 0 aliphatic carbocycles. The predicted molar refractivity (Wildman–Crippen MR) is 87.9 cm³/mol. The lowest BCUT2D eigenvalue weighted by Gasteiger charge is -2.22. The molecule has 2 atom stereocenters. The number of benzene rings is 1. The van der Waals surface area contributed by atoms with E-state index < -0.39 is 31.6 Å². The summed E-state index contributed by atoms with van der Waals surface area (Å²) in [6.45, 7) is 0.248. The molecule has 0 bridgehead atoms. The second-order valence-electron chi connectivity index (χ2n) is 5.27. The highest BCUT2D eigenvalue weighted by Crippen LogP contribution is 2.27. The molecule has 5 nitrogen and oxygen atoms in total. The number of halogens is 4. The number of carbonyl (C=O) groups excluding carboxylic acids is 1. The van der Waals surface area contributed by atoms with Crippen LogP contribution in [-0.4, -0.2) is 41.7 Å². The molecular formula is C13H14Cl3FN2O3S. The van der Waals surface area contributed by atoms with Gasteiger partial charge in [-0.3, -0.25) is 4.79 Å². The first-order valence-electron chi connectivity index (χ1n) is 6.63. The summed E-state index contributed by atoms with van der Waals surface area (Å²) in [4.78, 5) is 11.7. The van der Waals surface area contributed by atoms with Crippen molar-refractivity contribution >= 4 is 50.5 Å². The van der Waals surface area contributed by atoms with Gasteiger partial charge in [-0.05, 0) is 17.7 Å². The first kappa shape index (κ1) is 18.7. The van der Waals surface area contributed by atoms with Crippen LogP contribution in [0.5, 0.6) is 0 Å². The van der Waals surface area contributed by atoms with E-state index in [4.69, 9.17) is 34.8 Å². The molecule has 2 N–H and O–H groups in total. The van der Waals surface area contributed by atoms with E-state index in [-0.39, 0.29) is 23.9 Å². The average molecular weight is 404 g/mol. The number of hydrogen-bond donors (Lipinski definition) is 2. The zero-order valence-electron chi connectivity index (χ0n) is 11.7. The molecule has 1 aromatic carbocycles. The molecule has 1 aromatic rings. The van der Waals surface area contributed by atoms with Crippen molar-refractivity contribution in [3.8, 4) is 0 Å². The molecule has 10 heteroatoms. The van der Waals surface area contributed by atoms with Crippen LogP contribution in [0.2, 0.25) is 0 Å². The molecule has 1 fully saturated rings. The van der Waals surface area contributed by atoms with Crippen LogP contribution in [0.4, 0.5) is 4.39 Å². The third kappa shape index (κ3) is 5.46. The number of rotatable bonds is 4. The van der Waals surface area contributed by atoms with Crippen molar-refractivity contribution < 1.29 is 17.6 Å². The van der Waals surface area contributed by atoms with Crippen molar-refractivity contribution in [2.45, 2.75) is 22.4 Å². The fourth-order valence-electron chi connectivity index (χ4n) is 2.34. The van der Waals surface area contributed by atoms with Gasteiger partial charge in [0.25, 0.3) is 9.70 Å². The molecule has 0 aromatic heterocycles. The molecule has 1 aliphatic rings. The lowest BCUT2D eigenvalue weighted by atomic mass is 10.1. The smallest absolute Gasteiger partial charge is 0.272 e. The number of nitrogens with one attached hydrogen (secondary N) is 2. The minimum atomic E-state index is -3.33. The number of hydrogen-bond acceptors (Lipinski definition) is 4. The minimum Gasteiger partial charge on any atom is -0.347 e. The van der Waals surface area contributed by atoms with Gasteiger partial charge in [0.05, 0.1) is 17.5 Å². The molecular weight excluding hydrogens is 390 g/mol. The Labute approximate surface area is 148 Å². The summed E-state index contributed by atoms with van der Waals surface area (Å²) in [6, 6.07) is 4.63. The number of sulfone groups is 1. The van der Waals surface area contributed by atoms with Crippen LogP contribution in [0.15, 0.2) is 24.3 Å². The molecule has 0 unspecified atom stereocenters. The van der Waals surface area contributed by atoms with Crippen molar-refractivity contribution in [2.75, 3.05) is 11.5 Å². The van der Waals surface area contributed by atoms with Crippen molar-refractivity contribution in [1.82, 2.24) is 10.6 Å².